The Morgan fingerprint density at radius 1 is 0.929 bits per heavy atom. The van der Waals surface area contributed by atoms with Crippen LogP contribution in [0.15, 0.2) is 48.5 Å². The summed E-state index contributed by atoms with van der Waals surface area (Å²) in [7, 11) is 0. The molecule has 0 radical (unpaired) electrons. The molecule has 2 aromatic rings. The second-order valence-electron chi connectivity index (χ2n) is 6.66. The Bertz CT molecular complexity index is 903. The Balaban J connectivity index is 2.30. The van der Waals surface area contributed by atoms with Gasteiger partial charge in [-0.1, -0.05) is 61.9 Å². The fourth-order valence-electron chi connectivity index (χ4n) is 2.58. The van der Waals surface area contributed by atoms with Gasteiger partial charge in [-0.25, -0.2) is 9.59 Å². The number of carbonyl (C=O) groups excluding carboxylic acids is 4. The number of amides is 3. The van der Waals surface area contributed by atoms with Crippen molar-refractivity contribution in [1.82, 2.24) is 5.32 Å². The largest absolute Gasteiger partial charge is 0.448 e. The van der Waals surface area contributed by atoms with Gasteiger partial charge >= 0.3 is 12.0 Å². The summed E-state index contributed by atoms with van der Waals surface area (Å²) in [6, 6.07) is 12.1. The summed E-state index contributed by atoms with van der Waals surface area (Å²) >= 11 is 0. The van der Waals surface area contributed by atoms with Crippen LogP contribution in [0.2, 0.25) is 0 Å². The first-order valence-corrected chi connectivity index (χ1v) is 8.72. The van der Waals surface area contributed by atoms with E-state index in [1.165, 1.54) is 12.1 Å². The molecule has 146 valence electrons. The summed E-state index contributed by atoms with van der Waals surface area (Å²) in [5.74, 6) is -2.41. The van der Waals surface area contributed by atoms with E-state index in [1.54, 1.807) is 50.2 Å². The monoisotopic (exact) mass is 382 g/mol. The second kappa shape index (κ2) is 8.94. The third-order valence-electron chi connectivity index (χ3n) is 4.05. The van der Waals surface area contributed by atoms with Gasteiger partial charge in [0.2, 0.25) is 0 Å². The summed E-state index contributed by atoms with van der Waals surface area (Å²) in [4.78, 5) is 48.5. The minimum absolute atomic E-state index is 0.0330. The van der Waals surface area contributed by atoms with Crippen LogP contribution in [0, 0.1) is 12.8 Å². The van der Waals surface area contributed by atoms with Crippen LogP contribution in [0.1, 0.15) is 45.7 Å². The third kappa shape index (κ3) is 5.03. The van der Waals surface area contributed by atoms with Gasteiger partial charge in [0.05, 0.1) is 5.56 Å². The number of primary amides is 1. The molecule has 3 amide bonds. The van der Waals surface area contributed by atoms with E-state index in [4.69, 9.17) is 10.5 Å². The first kappa shape index (κ1) is 20.8. The molecule has 0 unspecified atom stereocenters. The molecule has 7 nitrogen and oxygen atoms in total. The molecule has 1 atom stereocenters. The number of urea groups is 1. The normalized spacial score (nSPS) is 11.6. The quantitative estimate of drug-likeness (QED) is 0.588. The molecular formula is C21H22N2O5. The van der Waals surface area contributed by atoms with E-state index in [0.29, 0.717) is 5.56 Å². The summed E-state index contributed by atoms with van der Waals surface area (Å²) in [5, 5.41) is 1.91. The van der Waals surface area contributed by atoms with Crippen molar-refractivity contribution in [3.63, 3.8) is 0 Å². The lowest BCUT2D eigenvalue weighted by atomic mass is 9.97. The van der Waals surface area contributed by atoms with Gasteiger partial charge in [0.15, 0.2) is 11.9 Å². The Morgan fingerprint density at radius 2 is 1.50 bits per heavy atom. The van der Waals surface area contributed by atoms with Crippen LogP contribution in [0.5, 0.6) is 0 Å². The number of carbonyl (C=O) groups is 4. The van der Waals surface area contributed by atoms with E-state index in [9.17, 15) is 19.2 Å². The van der Waals surface area contributed by atoms with Crippen molar-refractivity contribution in [2.75, 3.05) is 0 Å². The van der Waals surface area contributed by atoms with Crippen LogP contribution in [0.25, 0.3) is 0 Å². The molecule has 0 saturated heterocycles. The molecule has 0 aromatic heterocycles. The summed E-state index contributed by atoms with van der Waals surface area (Å²) < 4.78 is 5.30. The van der Waals surface area contributed by atoms with E-state index < -0.39 is 29.9 Å². The van der Waals surface area contributed by atoms with Crippen molar-refractivity contribution in [3.8, 4) is 0 Å². The molecule has 0 aliphatic carbocycles. The van der Waals surface area contributed by atoms with Crippen LogP contribution in [0.4, 0.5) is 4.79 Å². The molecule has 0 fully saturated rings. The zero-order chi connectivity index (χ0) is 20.8. The van der Waals surface area contributed by atoms with E-state index in [1.807, 2.05) is 12.2 Å². The lowest BCUT2D eigenvalue weighted by molar-refractivity contribution is -0.130. The number of hydrogen-bond acceptors (Lipinski definition) is 5. The molecule has 2 aromatic carbocycles. The van der Waals surface area contributed by atoms with Crippen molar-refractivity contribution >= 4 is 23.7 Å². The molecule has 0 heterocycles. The highest BCUT2D eigenvalue weighted by Gasteiger charge is 2.29. The van der Waals surface area contributed by atoms with Crippen LogP contribution in [-0.2, 0) is 9.53 Å². The summed E-state index contributed by atoms with van der Waals surface area (Å²) in [6.45, 7) is 5.21. The number of nitrogens with two attached hydrogens (primary N) is 1. The van der Waals surface area contributed by atoms with Gasteiger partial charge in [0, 0.05) is 11.1 Å². The van der Waals surface area contributed by atoms with Gasteiger partial charge in [0.1, 0.15) is 0 Å². The maximum absolute atomic E-state index is 12.8. The predicted molar refractivity (Wildman–Crippen MR) is 103 cm³/mol. The Labute approximate surface area is 162 Å². The minimum atomic E-state index is -1.23. The maximum Gasteiger partial charge on any atom is 0.339 e. The average molecular weight is 382 g/mol. The zero-order valence-corrected chi connectivity index (χ0v) is 15.9. The van der Waals surface area contributed by atoms with Crippen molar-refractivity contribution < 1.29 is 23.9 Å². The molecule has 2 rings (SSSR count). The second-order valence-corrected chi connectivity index (χ2v) is 6.66. The number of esters is 1. The van der Waals surface area contributed by atoms with Gasteiger partial charge in [0.25, 0.3) is 5.91 Å². The SMILES string of the molecule is Cc1ccc(C(=O)c2ccccc2C(=O)O[C@H](C(=O)NC(N)=O)C(C)C)cc1. The van der Waals surface area contributed by atoms with Crippen molar-refractivity contribution in [3.05, 3.63) is 70.8 Å². The minimum Gasteiger partial charge on any atom is -0.448 e. The summed E-state index contributed by atoms with van der Waals surface area (Å²) in [6.07, 6.45) is -1.23. The first-order chi connectivity index (χ1) is 13.2. The van der Waals surface area contributed by atoms with Crippen molar-refractivity contribution in [1.29, 1.82) is 0 Å². The molecule has 28 heavy (non-hydrogen) atoms. The number of benzene rings is 2. The zero-order valence-electron chi connectivity index (χ0n) is 15.9. The van der Waals surface area contributed by atoms with Crippen molar-refractivity contribution in [2.45, 2.75) is 26.9 Å². The molecule has 0 bridgehead atoms. The predicted octanol–water partition coefficient (Wildman–Crippen LogP) is 2.60. The molecule has 7 heteroatoms. The number of imide groups is 1. The van der Waals surface area contributed by atoms with Gasteiger partial charge in [-0.3, -0.25) is 14.9 Å². The number of ether oxygens (including phenoxy) is 1. The molecule has 0 aliphatic rings. The highest BCUT2D eigenvalue weighted by atomic mass is 16.5. The fraction of sp³-hybridized carbons (Fsp3) is 0.238. The molecule has 0 aliphatic heterocycles. The van der Waals surface area contributed by atoms with Gasteiger partial charge in [-0.15, -0.1) is 0 Å². The standard InChI is InChI=1S/C21H22N2O5/c1-12(2)18(19(25)23-21(22)27)28-20(26)16-7-5-4-6-15(16)17(24)14-10-8-13(3)9-11-14/h4-12,18H,1-3H3,(H3,22,23,25,27)/t18-/m0/s1. The van der Waals surface area contributed by atoms with Crippen LogP contribution in [-0.4, -0.2) is 29.8 Å². The van der Waals surface area contributed by atoms with E-state index in [2.05, 4.69) is 0 Å². The highest BCUT2D eigenvalue weighted by molar-refractivity contribution is 6.14. The van der Waals surface area contributed by atoms with Crippen molar-refractivity contribution in [2.24, 2.45) is 11.7 Å². The molecule has 3 N–H and O–H groups in total. The first-order valence-electron chi connectivity index (χ1n) is 8.72. The van der Waals surface area contributed by atoms with Gasteiger partial charge < -0.3 is 10.5 Å². The number of nitrogens with one attached hydrogen (secondary N) is 1. The molecule has 0 saturated carbocycles. The van der Waals surface area contributed by atoms with Crippen LogP contribution >= 0.6 is 0 Å². The van der Waals surface area contributed by atoms with Gasteiger partial charge in [-0.05, 0) is 18.9 Å². The van der Waals surface area contributed by atoms with E-state index in [0.717, 1.165) is 5.56 Å². The highest BCUT2D eigenvalue weighted by Crippen LogP contribution is 2.18. The molecular weight excluding hydrogens is 360 g/mol. The average Bonchev–Trinajstić information content (AvgIpc) is 2.65. The van der Waals surface area contributed by atoms with Gasteiger partial charge in [-0.2, -0.15) is 0 Å². The van der Waals surface area contributed by atoms with Crippen LogP contribution in [0.3, 0.4) is 0 Å². The fourth-order valence-corrected chi connectivity index (χ4v) is 2.58. The lowest BCUT2D eigenvalue weighted by Gasteiger charge is -2.20. The molecule has 0 spiro atoms. The maximum atomic E-state index is 12.8. The number of hydrogen-bond donors (Lipinski definition) is 2. The lowest BCUT2D eigenvalue weighted by Crippen LogP contribution is -2.45. The Kier molecular flexibility index (Phi) is 6.65. The summed E-state index contributed by atoms with van der Waals surface area (Å²) in [5.41, 5.74) is 6.58. The van der Waals surface area contributed by atoms with E-state index >= 15 is 0 Å². The number of rotatable bonds is 6. The van der Waals surface area contributed by atoms with E-state index in [-0.39, 0.29) is 16.9 Å². The Morgan fingerprint density at radius 3 is 2.04 bits per heavy atom. The Hall–Kier alpha value is -3.48. The topological polar surface area (TPSA) is 116 Å². The smallest absolute Gasteiger partial charge is 0.339 e. The van der Waals surface area contributed by atoms with Crippen LogP contribution < -0.4 is 11.1 Å². The number of aryl methyl sites for hydroxylation is 1. The third-order valence-corrected chi connectivity index (χ3v) is 4.05. The number of ketones is 1.